The molecule has 1 unspecified atom stereocenters. The van der Waals surface area contributed by atoms with E-state index in [9.17, 15) is 9.59 Å². The first-order chi connectivity index (χ1) is 13.0. The molecule has 154 valence electrons. The summed E-state index contributed by atoms with van der Waals surface area (Å²) in [6, 6.07) is 7.84. The monoisotopic (exact) mass is 389 g/mol. The Morgan fingerprint density at radius 1 is 1.11 bits per heavy atom. The van der Waals surface area contributed by atoms with Gasteiger partial charge in [0.25, 0.3) is 0 Å². The first-order valence-corrected chi connectivity index (χ1v) is 9.43. The van der Waals surface area contributed by atoms with Crippen molar-refractivity contribution in [1.29, 1.82) is 5.26 Å². The molecule has 1 rings (SSSR count). The Bertz CT molecular complexity index is 687. The van der Waals surface area contributed by atoms with Crippen LogP contribution < -0.4 is 15.4 Å². The van der Waals surface area contributed by atoms with E-state index in [0.29, 0.717) is 17.7 Å². The van der Waals surface area contributed by atoms with E-state index in [0.717, 1.165) is 0 Å². The van der Waals surface area contributed by atoms with Gasteiger partial charge in [0.15, 0.2) is 0 Å². The van der Waals surface area contributed by atoms with Crippen molar-refractivity contribution in [3.8, 4) is 11.8 Å². The van der Waals surface area contributed by atoms with Crippen molar-refractivity contribution < 1.29 is 19.1 Å². The van der Waals surface area contributed by atoms with Crippen LogP contribution in [0.5, 0.6) is 5.75 Å². The number of nitriles is 1. The van der Waals surface area contributed by atoms with Crippen LogP contribution in [-0.2, 0) is 9.53 Å². The molecule has 0 aliphatic rings. The molecule has 7 nitrogen and oxygen atoms in total. The average Bonchev–Trinajstić information content (AvgIpc) is 2.57. The number of benzene rings is 1. The van der Waals surface area contributed by atoms with Crippen molar-refractivity contribution in [3.63, 3.8) is 0 Å². The molecule has 0 aromatic heterocycles. The van der Waals surface area contributed by atoms with E-state index in [4.69, 9.17) is 14.7 Å². The molecule has 0 bridgehead atoms. The van der Waals surface area contributed by atoms with Gasteiger partial charge in [0, 0.05) is 0 Å². The number of nitrogens with one attached hydrogen (secondary N) is 2. The Hall–Kier alpha value is -2.75. The predicted octanol–water partition coefficient (Wildman–Crippen LogP) is 3.38. The van der Waals surface area contributed by atoms with E-state index >= 15 is 0 Å². The van der Waals surface area contributed by atoms with E-state index in [2.05, 4.69) is 10.6 Å². The molecule has 2 N–H and O–H groups in total. The highest BCUT2D eigenvalue weighted by atomic mass is 16.6. The van der Waals surface area contributed by atoms with Gasteiger partial charge < -0.3 is 20.1 Å². The maximum atomic E-state index is 12.6. The lowest BCUT2D eigenvalue weighted by Gasteiger charge is -2.25. The summed E-state index contributed by atoms with van der Waals surface area (Å²) in [7, 11) is 0. The highest BCUT2D eigenvalue weighted by molar-refractivity contribution is 5.85. The lowest BCUT2D eigenvalue weighted by Crippen LogP contribution is -2.51. The maximum absolute atomic E-state index is 12.6. The number of hydrogen-bond acceptors (Lipinski definition) is 5. The van der Waals surface area contributed by atoms with E-state index in [1.807, 2.05) is 26.8 Å². The fourth-order valence-corrected chi connectivity index (χ4v) is 2.38. The summed E-state index contributed by atoms with van der Waals surface area (Å²) in [6.45, 7) is 11.4. The van der Waals surface area contributed by atoms with Crippen LogP contribution in [0.15, 0.2) is 24.3 Å². The molecule has 2 atom stereocenters. The minimum Gasteiger partial charge on any atom is -0.491 e. The van der Waals surface area contributed by atoms with Gasteiger partial charge in [-0.2, -0.15) is 5.26 Å². The number of amides is 2. The van der Waals surface area contributed by atoms with Gasteiger partial charge in [-0.15, -0.1) is 0 Å². The number of nitrogens with zero attached hydrogens (tertiary/aromatic N) is 1. The van der Waals surface area contributed by atoms with Crippen molar-refractivity contribution in [2.75, 3.05) is 6.61 Å². The summed E-state index contributed by atoms with van der Waals surface area (Å²) >= 11 is 0. The number of hydrogen-bond donors (Lipinski definition) is 2. The number of alkyl carbamates (subject to hydrolysis) is 1. The lowest BCUT2D eigenvalue weighted by molar-refractivity contribution is -0.124. The second-order valence-electron chi connectivity index (χ2n) is 8.19. The zero-order valence-electron chi connectivity index (χ0n) is 17.5. The molecule has 0 radical (unpaired) electrons. The smallest absolute Gasteiger partial charge is 0.408 e. The number of carbonyl (C=O) groups is 2. The minimum atomic E-state index is -0.688. The minimum absolute atomic E-state index is 0.218. The zero-order valence-corrected chi connectivity index (χ0v) is 17.5. The van der Waals surface area contributed by atoms with Gasteiger partial charge in [0.1, 0.15) is 24.0 Å². The van der Waals surface area contributed by atoms with E-state index < -0.39 is 17.7 Å². The Morgan fingerprint density at radius 3 is 2.21 bits per heavy atom. The van der Waals surface area contributed by atoms with Gasteiger partial charge in [0.05, 0.1) is 17.7 Å². The summed E-state index contributed by atoms with van der Waals surface area (Å²) in [5, 5.41) is 14.3. The lowest BCUT2D eigenvalue weighted by atomic mass is 10.0. The van der Waals surface area contributed by atoms with Crippen molar-refractivity contribution in [3.05, 3.63) is 29.8 Å². The number of carbonyl (C=O) groups excluding carboxylic acids is 2. The highest BCUT2D eigenvalue weighted by Crippen LogP contribution is 2.12. The molecule has 28 heavy (non-hydrogen) atoms. The Balaban J connectivity index is 2.59. The quantitative estimate of drug-likeness (QED) is 0.710. The van der Waals surface area contributed by atoms with E-state index in [1.54, 1.807) is 45.0 Å². The molecular formula is C21H31N3O4. The second kappa shape index (κ2) is 10.5. The van der Waals surface area contributed by atoms with Crippen LogP contribution >= 0.6 is 0 Å². The first kappa shape index (κ1) is 23.3. The normalized spacial score (nSPS) is 13.2. The second-order valence-corrected chi connectivity index (χ2v) is 8.19. The predicted molar refractivity (Wildman–Crippen MR) is 107 cm³/mol. The van der Waals surface area contributed by atoms with E-state index in [1.165, 1.54) is 0 Å². The molecule has 0 spiro atoms. The van der Waals surface area contributed by atoms with Crippen LogP contribution in [0.2, 0.25) is 0 Å². The molecule has 0 saturated heterocycles. The van der Waals surface area contributed by atoms with Crippen molar-refractivity contribution in [2.24, 2.45) is 5.92 Å². The molecular weight excluding hydrogens is 358 g/mol. The van der Waals surface area contributed by atoms with Gasteiger partial charge in [-0.25, -0.2) is 4.79 Å². The van der Waals surface area contributed by atoms with Crippen LogP contribution in [0.4, 0.5) is 4.79 Å². The molecule has 7 heteroatoms. The third-order valence-corrected chi connectivity index (χ3v) is 3.59. The van der Waals surface area contributed by atoms with Crippen LogP contribution in [0.25, 0.3) is 0 Å². The summed E-state index contributed by atoms with van der Waals surface area (Å²) < 4.78 is 10.9. The SMILES string of the molecule is CC(C)C[C@H](NC(=O)OC(C)(C)C)C(=O)NC(C)COc1ccc(C#N)cc1. The largest absolute Gasteiger partial charge is 0.491 e. The average molecular weight is 389 g/mol. The Labute approximate surface area is 167 Å². The van der Waals surface area contributed by atoms with Gasteiger partial charge in [-0.1, -0.05) is 13.8 Å². The molecule has 0 aliphatic carbocycles. The number of ether oxygens (including phenoxy) is 2. The highest BCUT2D eigenvalue weighted by Gasteiger charge is 2.26. The standard InChI is InChI=1S/C21H31N3O4/c1-14(2)11-18(24-20(26)28-21(4,5)6)19(25)23-15(3)13-27-17-9-7-16(12-22)8-10-17/h7-10,14-15,18H,11,13H2,1-6H3,(H,23,25)(H,24,26)/t15?,18-/m0/s1. The molecule has 1 aromatic rings. The van der Waals surface area contributed by atoms with Crippen molar-refractivity contribution >= 4 is 12.0 Å². The van der Waals surface area contributed by atoms with Crippen molar-refractivity contribution in [2.45, 2.75) is 65.6 Å². The third-order valence-electron chi connectivity index (χ3n) is 3.59. The van der Waals surface area contributed by atoms with Crippen LogP contribution in [0, 0.1) is 17.2 Å². The summed E-state index contributed by atoms with van der Waals surface area (Å²) in [6.07, 6.45) is -0.122. The van der Waals surface area contributed by atoms with Gasteiger partial charge in [0.2, 0.25) is 5.91 Å². The van der Waals surface area contributed by atoms with Crippen LogP contribution in [-0.4, -0.2) is 36.3 Å². The third kappa shape index (κ3) is 9.26. The Kier molecular flexibility index (Phi) is 8.77. The Morgan fingerprint density at radius 2 is 1.71 bits per heavy atom. The topological polar surface area (TPSA) is 100 Å². The fraction of sp³-hybridized carbons (Fsp3) is 0.571. The van der Waals surface area contributed by atoms with Gasteiger partial charge in [-0.05, 0) is 64.3 Å². The molecule has 0 fully saturated rings. The molecule has 2 amide bonds. The van der Waals surface area contributed by atoms with Crippen LogP contribution in [0.3, 0.4) is 0 Å². The maximum Gasteiger partial charge on any atom is 0.408 e. The summed E-state index contributed by atoms with van der Waals surface area (Å²) in [4.78, 5) is 24.7. The van der Waals surface area contributed by atoms with E-state index in [-0.39, 0.29) is 24.5 Å². The molecule has 0 saturated carbocycles. The molecule has 1 aromatic carbocycles. The van der Waals surface area contributed by atoms with Crippen molar-refractivity contribution in [1.82, 2.24) is 10.6 Å². The summed E-state index contributed by atoms with van der Waals surface area (Å²) in [5.74, 6) is 0.553. The van der Waals surface area contributed by atoms with Gasteiger partial charge in [-0.3, -0.25) is 4.79 Å². The first-order valence-electron chi connectivity index (χ1n) is 9.43. The molecule has 0 aliphatic heterocycles. The zero-order chi connectivity index (χ0) is 21.3. The molecule has 0 heterocycles. The summed E-state index contributed by atoms with van der Waals surface area (Å²) in [5.41, 5.74) is -0.0796. The fourth-order valence-electron chi connectivity index (χ4n) is 2.38. The van der Waals surface area contributed by atoms with Crippen LogP contribution in [0.1, 0.15) is 53.5 Å². The van der Waals surface area contributed by atoms with Gasteiger partial charge >= 0.3 is 6.09 Å². The number of rotatable bonds is 8.